The minimum Gasteiger partial charge on any atom is -0.490 e. The molecule has 1 saturated heterocycles. The Bertz CT molecular complexity index is 1060. The molecule has 3 aromatic rings. The summed E-state index contributed by atoms with van der Waals surface area (Å²) in [5, 5.41) is 4.26. The van der Waals surface area contributed by atoms with Crippen molar-refractivity contribution in [2.24, 2.45) is 0 Å². The zero-order chi connectivity index (χ0) is 22.0. The van der Waals surface area contributed by atoms with Crippen molar-refractivity contribution >= 4 is 34.1 Å². The lowest BCUT2D eigenvalue weighted by Crippen LogP contribution is -2.42. The number of nitrogens with one attached hydrogen (secondary N) is 2. The van der Waals surface area contributed by atoms with Crippen molar-refractivity contribution in [2.75, 3.05) is 25.0 Å². The van der Waals surface area contributed by atoms with E-state index < -0.39 is 12.7 Å². The lowest BCUT2D eigenvalue weighted by atomic mass is 10.1. The van der Waals surface area contributed by atoms with Gasteiger partial charge in [-0.1, -0.05) is 11.6 Å². The first-order valence-electron chi connectivity index (χ1n) is 9.91. The van der Waals surface area contributed by atoms with Crippen LogP contribution in [0.5, 0.6) is 5.75 Å². The fraction of sp³-hybridized carbons (Fsp3) is 0.318. The highest BCUT2D eigenvalue weighted by Crippen LogP contribution is 2.27. The Morgan fingerprint density at radius 1 is 1.16 bits per heavy atom. The number of carbonyl (C=O) groups excluding carboxylic acids is 1. The normalized spacial score (nSPS) is 15.9. The van der Waals surface area contributed by atoms with E-state index >= 15 is 0 Å². The molecule has 2 heterocycles. The van der Waals surface area contributed by atoms with Crippen LogP contribution in [-0.4, -0.2) is 47.7 Å². The average molecular weight is 452 g/mol. The number of aromatic nitrogens is 1. The minimum atomic E-state index is -4.18. The predicted molar refractivity (Wildman–Crippen MR) is 114 cm³/mol. The largest absolute Gasteiger partial charge is 0.490 e. The molecular weight excluding hydrogens is 431 g/mol. The van der Waals surface area contributed by atoms with Crippen molar-refractivity contribution in [3.8, 4) is 5.75 Å². The van der Waals surface area contributed by atoms with Crippen LogP contribution in [0.25, 0.3) is 10.9 Å². The molecular formula is C22H21ClF3N3O2. The number of rotatable bonds is 5. The predicted octanol–water partition coefficient (Wildman–Crippen LogP) is 5.48. The Labute approximate surface area is 182 Å². The molecule has 1 fully saturated rings. The van der Waals surface area contributed by atoms with Gasteiger partial charge in [0, 0.05) is 40.8 Å². The number of ether oxygens (including phenoxy) is 1. The summed E-state index contributed by atoms with van der Waals surface area (Å²) in [6.45, 7) is -0.190. The topological polar surface area (TPSA) is 57.4 Å². The number of likely N-dealkylation sites (tertiary alicyclic amines) is 1. The van der Waals surface area contributed by atoms with Crippen molar-refractivity contribution in [3.63, 3.8) is 0 Å². The maximum Gasteiger partial charge on any atom is 0.401 e. The van der Waals surface area contributed by atoms with E-state index in [1.165, 1.54) is 4.90 Å². The molecule has 5 nitrogen and oxygen atoms in total. The van der Waals surface area contributed by atoms with Crippen molar-refractivity contribution in [1.82, 2.24) is 9.88 Å². The first-order chi connectivity index (χ1) is 14.8. The molecule has 9 heteroatoms. The number of benzene rings is 2. The number of piperidine rings is 1. The van der Waals surface area contributed by atoms with Crippen LogP contribution in [0.15, 0.2) is 48.7 Å². The van der Waals surface area contributed by atoms with Gasteiger partial charge in [-0.3, -0.25) is 9.69 Å². The molecule has 1 aromatic heterocycles. The van der Waals surface area contributed by atoms with Gasteiger partial charge in [0.25, 0.3) is 5.91 Å². The molecule has 1 aliphatic rings. The summed E-state index contributed by atoms with van der Waals surface area (Å²) in [5.74, 6) is 0.317. The second-order valence-electron chi connectivity index (χ2n) is 7.58. The lowest BCUT2D eigenvalue weighted by Gasteiger charge is -2.32. The quantitative estimate of drug-likeness (QED) is 0.540. The van der Waals surface area contributed by atoms with E-state index in [-0.39, 0.29) is 12.0 Å². The Hall–Kier alpha value is -2.71. The molecule has 0 unspecified atom stereocenters. The van der Waals surface area contributed by atoms with E-state index in [2.05, 4.69) is 10.3 Å². The van der Waals surface area contributed by atoms with E-state index in [9.17, 15) is 18.0 Å². The van der Waals surface area contributed by atoms with Crippen molar-refractivity contribution in [3.05, 3.63) is 59.2 Å². The number of aromatic amines is 1. The Morgan fingerprint density at radius 2 is 1.87 bits per heavy atom. The fourth-order valence-electron chi connectivity index (χ4n) is 3.71. The van der Waals surface area contributed by atoms with Gasteiger partial charge in [-0.15, -0.1) is 0 Å². The monoisotopic (exact) mass is 451 g/mol. The highest BCUT2D eigenvalue weighted by Gasteiger charge is 2.32. The highest BCUT2D eigenvalue weighted by atomic mass is 35.5. The minimum absolute atomic E-state index is 0.139. The number of halogens is 4. The van der Waals surface area contributed by atoms with Gasteiger partial charge in [0.2, 0.25) is 0 Å². The molecule has 0 atom stereocenters. The van der Waals surface area contributed by atoms with Crippen LogP contribution in [-0.2, 0) is 0 Å². The van der Waals surface area contributed by atoms with Gasteiger partial charge in [-0.2, -0.15) is 13.2 Å². The lowest BCUT2D eigenvalue weighted by molar-refractivity contribution is -0.149. The van der Waals surface area contributed by atoms with Gasteiger partial charge in [0.05, 0.1) is 12.2 Å². The van der Waals surface area contributed by atoms with Crippen LogP contribution in [0.1, 0.15) is 23.2 Å². The van der Waals surface area contributed by atoms with Crippen molar-refractivity contribution in [1.29, 1.82) is 0 Å². The molecule has 164 valence electrons. The number of alkyl halides is 3. The van der Waals surface area contributed by atoms with Crippen molar-refractivity contribution in [2.45, 2.75) is 25.1 Å². The summed E-state index contributed by atoms with van der Waals surface area (Å²) < 4.78 is 43.3. The third kappa shape index (κ3) is 5.51. The third-order valence-electron chi connectivity index (χ3n) is 5.25. The molecule has 31 heavy (non-hydrogen) atoms. The Morgan fingerprint density at radius 3 is 2.55 bits per heavy atom. The Balaban J connectivity index is 1.33. The SMILES string of the molecule is O=C(Nc1c[nH]c2ccc(Cl)cc12)c1ccc(OC2CCN(CC(F)(F)F)CC2)cc1. The van der Waals surface area contributed by atoms with Gasteiger partial charge in [-0.05, 0) is 55.3 Å². The summed E-state index contributed by atoms with van der Waals surface area (Å²) in [7, 11) is 0. The fourth-order valence-corrected chi connectivity index (χ4v) is 3.88. The van der Waals surface area contributed by atoms with Crippen LogP contribution in [0.4, 0.5) is 18.9 Å². The Kier molecular flexibility index (Phi) is 6.11. The molecule has 2 aromatic carbocycles. The molecule has 1 aliphatic heterocycles. The number of anilines is 1. The van der Waals surface area contributed by atoms with Crippen LogP contribution >= 0.6 is 11.6 Å². The number of nitrogens with zero attached hydrogens (tertiary/aromatic N) is 1. The summed E-state index contributed by atoms with van der Waals surface area (Å²) in [6, 6.07) is 12.1. The molecule has 4 rings (SSSR count). The smallest absolute Gasteiger partial charge is 0.401 e. The molecule has 0 bridgehead atoms. The average Bonchev–Trinajstić information content (AvgIpc) is 3.11. The number of carbonyl (C=O) groups is 1. The summed E-state index contributed by atoms with van der Waals surface area (Å²) >= 11 is 6.04. The molecule has 0 radical (unpaired) electrons. The van der Waals surface area contributed by atoms with Gasteiger partial charge < -0.3 is 15.0 Å². The molecule has 2 N–H and O–H groups in total. The number of hydrogen-bond donors (Lipinski definition) is 2. The maximum absolute atomic E-state index is 12.6. The van der Waals surface area contributed by atoms with Crippen LogP contribution in [0, 0.1) is 0 Å². The van der Waals surface area contributed by atoms with E-state index in [1.807, 2.05) is 6.07 Å². The van der Waals surface area contributed by atoms with E-state index in [0.29, 0.717) is 48.0 Å². The second-order valence-corrected chi connectivity index (χ2v) is 8.02. The molecule has 1 amide bonds. The third-order valence-corrected chi connectivity index (χ3v) is 5.48. The van der Waals surface area contributed by atoms with Gasteiger partial charge in [0.15, 0.2) is 0 Å². The number of fused-ring (bicyclic) bond motifs is 1. The van der Waals surface area contributed by atoms with E-state index in [1.54, 1.807) is 42.6 Å². The molecule has 0 saturated carbocycles. The first kappa shape index (κ1) is 21.5. The standard InChI is InChI=1S/C22H21ClF3N3O2/c23-15-3-6-19-18(11-15)20(12-27-19)28-21(30)14-1-4-16(5-2-14)31-17-7-9-29(10-8-17)13-22(24,25)26/h1-6,11-12,17,27H,7-10,13H2,(H,28,30). The second kappa shape index (κ2) is 8.80. The van der Waals surface area contributed by atoms with Crippen LogP contribution < -0.4 is 10.1 Å². The zero-order valence-electron chi connectivity index (χ0n) is 16.5. The van der Waals surface area contributed by atoms with Gasteiger partial charge in [-0.25, -0.2) is 0 Å². The van der Waals surface area contributed by atoms with Gasteiger partial charge in [0.1, 0.15) is 11.9 Å². The maximum atomic E-state index is 12.6. The highest BCUT2D eigenvalue weighted by molar-refractivity contribution is 6.31. The number of amides is 1. The first-order valence-corrected chi connectivity index (χ1v) is 10.3. The number of H-pyrrole nitrogens is 1. The van der Waals surface area contributed by atoms with Crippen LogP contribution in [0.2, 0.25) is 5.02 Å². The van der Waals surface area contributed by atoms with Gasteiger partial charge >= 0.3 is 6.18 Å². The zero-order valence-corrected chi connectivity index (χ0v) is 17.3. The van der Waals surface area contributed by atoms with Crippen LogP contribution in [0.3, 0.4) is 0 Å². The summed E-state index contributed by atoms with van der Waals surface area (Å²) in [4.78, 5) is 17.1. The molecule has 0 aliphatic carbocycles. The van der Waals surface area contributed by atoms with Crippen molar-refractivity contribution < 1.29 is 22.7 Å². The van der Waals surface area contributed by atoms with E-state index in [4.69, 9.17) is 16.3 Å². The summed E-state index contributed by atoms with van der Waals surface area (Å²) in [5.41, 5.74) is 1.96. The number of hydrogen-bond acceptors (Lipinski definition) is 3. The molecule has 0 spiro atoms. The van der Waals surface area contributed by atoms with E-state index in [0.717, 1.165) is 10.9 Å². The summed E-state index contributed by atoms with van der Waals surface area (Å²) in [6.07, 6.45) is -1.55.